The Balaban J connectivity index is 1.58. The minimum absolute atomic E-state index is 0.144. The number of rotatable bonds is 7. The van der Waals surface area contributed by atoms with Gasteiger partial charge in [-0.1, -0.05) is 41.9 Å². The van der Waals surface area contributed by atoms with Gasteiger partial charge in [0, 0.05) is 23.2 Å². The molecule has 0 amide bonds. The van der Waals surface area contributed by atoms with Gasteiger partial charge in [0.1, 0.15) is 12.1 Å². The topological polar surface area (TPSA) is 75.1 Å². The van der Waals surface area contributed by atoms with Crippen molar-refractivity contribution in [3.8, 4) is 11.3 Å². The van der Waals surface area contributed by atoms with Crippen molar-refractivity contribution in [2.24, 2.45) is 0 Å². The van der Waals surface area contributed by atoms with E-state index in [1.807, 2.05) is 12.1 Å². The summed E-state index contributed by atoms with van der Waals surface area (Å²) in [6.45, 7) is 0.144. The van der Waals surface area contributed by atoms with Crippen molar-refractivity contribution in [1.82, 2.24) is 9.97 Å². The van der Waals surface area contributed by atoms with Gasteiger partial charge in [-0.05, 0) is 59.5 Å². The lowest BCUT2D eigenvalue weighted by atomic mass is 9.96. The van der Waals surface area contributed by atoms with E-state index < -0.39 is 17.7 Å². The third-order valence-corrected chi connectivity index (χ3v) is 5.55. The molecule has 2 N–H and O–H groups in total. The molecule has 0 aliphatic carbocycles. The van der Waals surface area contributed by atoms with Crippen LogP contribution in [0.2, 0.25) is 5.02 Å². The van der Waals surface area contributed by atoms with Gasteiger partial charge < -0.3 is 10.4 Å². The Bertz CT molecular complexity index is 1380. The number of halogens is 4. The highest BCUT2D eigenvalue weighted by Gasteiger charge is 2.30. The van der Waals surface area contributed by atoms with Crippen LogP contribution in [0.25, 0.3) is 11.3 Å². The minimum Gasteiger partial charge on any atom is -0.478 e. The van der Waals surface area contributed by atoms with E-state index in [4.69, 9.17) is 11.6 Å². The zero-order valence-electron chi connectivity index (χ0n) is 18.2. The predicted molar refractivity (Wildman–Crippen MR) is 127 cm³/mol. The van der Waals surface area contributed by atoms with Crippen LogP contribution in [-0.2, 0) is 19.1 Å². The number of aromatic carboxylic acids is 1. The average molecular weight is 498 g/mol. The van der Waals surface area contributed by atoms with Crippen molar-refractivity contribution in [3.63, 3.8) is 0 Å². The van der Waals surface area contributed by atoms with Crippen molar-refractivity contribution < 1.29 is 23.1 Å². The van der Waals surface area contributed by atoms with Crippen molar-refractivity contribution in [3.05, 3.63) is 112 Å². The van der Waals surface area contributed by atoms with Crippen molar-refractivity contribution >= 4 is 23.4 Å². The molecule has 5 nitrogen and oxygen atoms in total. The van der Waals surface area contributed by atoms with Crippen LogP contribution in [-0.4, -0.2) is 21.0 Å². The number of carboxylic acids is 1. The Morgan fingerprint density at radius 1 is 0.943 bits per heavy atom. The van der Waals surface area contributed by atoms with Crippen LogP contribution in [0.5, 0.6) is 0 Å². The van der Waals surface area contributed by atoms with E-state index >= 15 is 0 Å². The number of aromatic nitrogens is 2. The van der Waals surface area contributed by atoms with E-state index in [0.29, 0.717) is 28.5 Å². The summed E-state index contributed by atoms with van der Waals surface area (Å²) in [6, 6.07) is 18.8. The maximum atomic E-state index is 13.0. The monoisotopic (exact) mass is 497 g/mol. The van der Waals surface area contributed by atoms with Gasteiger partial charge >= 0.3 is 12.1 Å². The summed E-state index contributed by atoms with van der Waals surface area (Å²) >= 11 is 6.24. The summed E-state index contributed by atoms with van der Waals surface area (Å²) in [5.74, 6) is -0.568. The third-order valence-electron chi connectivity index (χ3n) is 5.31. The van der Waals surface area contributed by atoms with E-state index in [0.717, 1.165) is 28.8 Å². The van der Waals surface area contributed by atoms with Crippen LogP contribution < -0.4 is 5.32 Å². The Morgan fingerprint density at radius 3 is 2.49 bits per heavy atom. The lowest BCUT2D eigenvalue weighted by Gasteiger charge is -2.13. The van der Waals surface area contributed by atoms with Crippen molar-refractivity contribution in [2.75, 3.05) is 5.32 Å². The summed E-state index contributed by atoms with van der Waals surface area (Å²) in [4.78, 5) is 19.8. The summed E-state index contributed by atoms with van der Waals surface area (Å²) in [5.41, 5.74) is 2.93. The Hall–Kier alpha value is -3.91. The number of anilines is 1. The third kappa shape index (κ3) is 6.16. The normalized spacial score (nSPS) is 11.3. The number of nitrogens with zero attached hydrogens (tertiary/aromatic N) is 2. The second-order valence-electron chi connectivity index (χ2n) is 7.82. The molecule has 0 aliphatic rings. The molecule has 0 bridgehead atoms. The van der Waals surface area contributed by atoms with Crippen molar-refractivity contribution in [1.29, 1.82) is 0 Å². The first-order valence-corrected chi connectivity index (χ1v) is 10.9. The smallest absolute Gasteiger partial charge is 0.416 e. The molecule has 1 heterocycles. The summed E-state index contributed by atoms with van der Waals surface area (Å²) < 4.78 is 38.9. The molecule has 178 valence electrons. The Labute approximate surface area is 204 Å². The molecule has 0 spiro atoms. The van der Waals surface area contributed by atoms with Gasteiger partial charge in [0.05, 0.1) is 16.8 Å². The molecule has 0 saturated carbocycles. The van der Waals surface area contributed by atoms with E-state index in [1.165, 1.54) is 18.5 Å². The largest absolute Gasteiger partial charge is 0.478 e. The number of carboxylic acid groups (broad SMARTS) is 1. The SMILES string of the molecule is O=C(O)c1cccc(Cc2ccc(Cl)cc2-c2cc(NCc3cccc(C(F)(F)F)c3)ncn2)c1. The molecular weight excluding hydrogens is 479 g/mol. The molecule has 3 aromatic carbocycles. The molecule has 9 heteroatoms. The Kier molecular flexibility index (Phi) is 7.02. The zero-order valence-corrected chi connectivity index (χ0v) is 18.9. The fourth-order valence-electron chi connectivity index (χ4n) is 3.63. The van der Waals surface area contributed by atoms with Crippen LogP contribution >= 0.6 is 11.6 Å². The average Bonchev–Trinajstić information content (AvgIpc) is 2.84. The highest BCUT2D eigenvalue weighted by Crippen LogP contribution is 2.31. The molecule has 4 rings (SSSR count). The second kappa shape index (κ2) is 10.1. The number of hydrogen-bond donors (Lipinski definition) is 2. The number of carbonyl (C=O) groups is 1. The summed E-state index contributed by atoms with van der Waals surface area (Å²) in [6.07, 6.45) is -2.60. The summed E-state index contributed by atoms with van der Waals surface area (Å²) in [5, 5.41) is 12.8. The molecule has 0 unspecified atom stereocenters. The highest BCUT2D eigenvalue weighted by molar-refractivity contribution is 6.30. The number of alkyl halides is 3. The van der Waals surface area contributed by atoms with E-state index in [1.54, 1.807) is 36.4 Å². The molecule has 0 fully saturated rings. The lowest BCUT2D eigenvalue weighted by Crippen LogP contribution is -2.07. The highest BCUT2D eigenvalue weighted by atomic mass is 35.5. The zero-order chi connectivity index (χ0) is 25.0. The number of nitrogens with one attached hydrogen (secondary N) is 1. The van der Waals surface area contributed by atoms with Crippen LogP contribution in [0, 0.1) is 0 Å². The van der Waals surface area contributed by atoms with E-state index in [9.17, 15) is 23.1 Å². The van der Waals surface area contributed by atoms with Gasteiger partial charge in [-0.15, -0.1) is 0 Å². The molecular formula is C26H19ClF3N3O2. The number of benzene rings is 3. The van der Waals surface area contributed by atoms with Crippen LogP contribution in [0.4, 0.5) is 19.0 Å². The van der Waals surface area contributed by atoms with Crippen LogP contribution in [0.1, 0.15) is 32.6 Å². The van der Waals surface area contributed by atoms with Crippen molar-refractivity contribution in [2.45, 2.75) is 19.1 Å². The molecule has 0 radical (unpaired) electrons. The van der Waals surface area contributed by atoms with Crippen LogP contribution in [0.15, 0.2) is 79.1 Å². The first-order chi connectivity index (χ1) is 16.7. The molecule has 0 aliphatic heterocycles. The fraction of sp³-hybridized carbons (Fsp3) is 0.115. The van der Waals surface area contributed by atoms with Gasteiger partial charge in [0.25, 0.3) is 0 Å². The van der Waals surface area contributed by atoms with Gasteiger partial charge in [-0.2, -0.15) is 13.2 Å². The maximum Gasteiger partial charge on any atom is 0.416 e. The molecule has 4 aromatic rings. The second-order valence-corrected chi connectivity index (χ2v) is 8.26. The molecule has 0 saturated heterocycles. The fourth-order valence-corrected chi connectivity index (χ4v) is 3.80. The number of hydrogen-bond acceptors (Lipinski definition) is 4. The first-order valence-electron chi connectivity index (χ1n) is 10.5. The quantitative estimate of drug-likeness (QED) is 0.296. The molecule has 35 heavy (non-hydrogen) atoms. The standard InChI is InChI=1S/C26H19ClF3N3O2/c27-21-8-7-18(9-16-3-1-5-19(10-16)25(34)35)22(12-21)23-13-24(33-15-32-23)31-14-17-4-2-6-20(11-17)26(28,29)30/h1-8,10-13,15H,9,14H2,(H,34,35)(H,31,32,33). The maximum absolute atomic E-state index is 13.0. The first kappa shape index (κ1) is 24.2. The lowest BCUT2D eigenvalue weighted by molar-refractivity contribution is -0.137. The van der Waals surface area contributed by atoms with Gasteiger partial charge in [0.15, 0.2) is 0 Å². The van der Waals surface area contributed by atoms with Gasteiger partial charge in [-0.3, -0.25) is 0 Å². The molecule has 1 aromatic heterocycles. The van der Waals surface area contributed by atoms with E-state index in [2.05, 4.69) is 15.3 Å². The van der Waals surface area contributed by atoms with Gasteiger partial charge in [0.2, 0.25) is 0 Å². The summed E-state index contributed by atoms with van der Waals surface area (Å²) in [7, 11) is 0. The van der Waals surface area contributed by atoms with E-state index in [-0.39, 0.29) is 12.1 Å². The predicted octanol–water partition coefficient (Wildman–Crippen LogP) is 6.72. The van der Waals surface area contributed by atoms with Crippen LogP contribution in [0.3, 0.4) is 0 Å². The Morgan fingerprint density at radius 2 is 1.71 bits per heavy atom. The minimum atomic E-state index is -4.41. The molecule has 0 atom stereocenters. The van der Waals surface area contributed by atoms with Gasteiger partial charge in [-0.25, -0.2) is 14.8 Å².